The van der Waals surface area contributed by atoms with Crippen LogP contribution in [0.15, 0.2) is 35.5 Å². The Hall–Kier alpha value is -2.50. The van der Waals surface area contributed by atoms with Crippen LogP contribution in [0.4, 0.5) is 4.79 Å². The lowest BCUT2D eigenvalue weighted by Gasteiger charge is -2.31. The number of carbonyl (C=O) groups is 2. The molecule has 0 saturated heterocycles. The Morgan fingerprint density at radius 2 is 1.87 bits per heavy atom. The van der Waals surface area contributed by atoms with Crippen molar-refractivity contribution in [3.63, 3.8) is 0 Å². The van der Waals surface area contributed by atoms with Crippen molar-refractivity contribution in [3.8, 4) is 5.75 Å². The number of likely N-dealkylation sites (N-methyl/N-ethyl adjacent to an activating group) is 1. The van der Waals surface area contributed by atoms with Crippen molar-refractivity contribution in [2.75, 3.05) is 20.7 Å². The van der Waals surface area contributed by atoms with Crippen LogP contribution in [0.25, 0.3) is 0 Å². The number of amides is 3. The molecule has 1 unspecified atom stereocenters. The summed E-state index contributed by atoms with van der Waals surface area (Å²) in [6.07, 6.45) is 2.12. The van der Waals surface area contributed by atoms with Crippen LogP contribution in [0.3, 0.4) is 0 Å². The summed E-state index contributed by atoms with van der Waals surface area (Å²) in [5, 5.41) is 2.94. The van der Waals surface area contributed by atoms with Crippen molar-refractivity contribution in [3.05, 3.63) is 41.1 Å². The Morgan fingerprint density at radius 1 is 1.17 bits per heavy atom. The van der Waals surface area contributed by atoms with Crippen LogP contribution in [0, 0.1) is 0 Å². The molecule has 4 rings (SSSR count). The van der Waals surface area contributed by atoms with Gasteiger partial charge in [-0.2, -0.15) is 0 Å². The van der Waals surface area contributed by atoms with Crippen LogP contribution in [0.1, 0.15) is 24.4 Å². The third-order valence-electron chi connectivity index (χ3n) is 4.83. The molecule has 0 radical (unpaired) electrons. The summed E-state index contributed by atoms with van der Waals surface area (Å²) in [6, 6.07) is 7.26. The number of nitrogens with zero attached hydrogens (tertiary/aromatic N) is 2. The first-order chi connectivity index (χ1) is 11.1. The van der Waals surface area contributed by atoms with Crippen LogP contribution in [-0.4, -0.2) is 48.5 Å². The maximum atomic E-state index is 12.8. The third kappa shape index (κ3) is 2.17. The summed E-state index contributed by atoms with van der Waals surface area (Å²) in [5.41, 5.74) is 2.42. The summed E-state index contributed by atoms with van der Waals surface area (Å²) in [6.45, 7) is 0.537. The highest BCUT2D eigenvalue weighted by atomic mass is 16.5. The van der Waals surface area contributed by atoms with Gasteiger partial charge < -0.3 is 15.0 Å². The average Bonchev–Trinajstić information content (AvgIpc) is 3.35. The third-order valence-corrected chi connectivity index (χ3v) is 4.83. The fourth-order valence-electron chi connectivity index (χ4n) is 3.32. The number of methoxy groups -OCH3 is 1. The molecule has 1 saturated carbocycles. The number of carbonyl (C=O) groups excluding carboxylic acids is 2. The second kappa shape index (κ2) is 5.01. The average molecular weight is 313 g/mol. The van der Waals surface area contributed by atoms with Gasteiger partial charge in [0.15, 0.2) is 0 Å². The normalized spacial score (nSPS) is 24.0. The first-order valence-corrected chi connectivity index (χ1v) is 7.82. The molecule has 120 valence electrons. The van der Waals surface area contributed by atoms with E-state index in [0.717, 1.165) is 29.9 Å². The summed E-state index contributed by atoms with van der Waals surface area (Å²) in [5.74, 6) is 0.801. The molecule has 2 heterocycles. The molecular formula is C17H19N3O3. The Bertz CT molecular complexity index is 706. The highest BCUT2D eigenvalue weighted by molar-refractivity contribution is 6.01. The van der Waals surface area contributed by atoms with Crippen molar-refractivity contribution in [2.24, 2.45) is 0 Å². The Morgan fingerprint density at radius 3 is 2.48 bits per heavy atom. The molecule has 2 aliphatic heterocycles. The van der Waals surface area contributed by atoms with Crippen molar-refractivity contribution >= 4 is 11.9 Å². The monoisotopic (exact) mass is 313 g/mol. The fraction of sp³-hybridized carbons (Fsp3) is 0.412. The lowest BCUT2D eigenvalue weighted by Crippen LogP contribution is -2.45. The lowest BCUT2D eigenvalue weighted by molar-refractivity contribution is -0.126. The zero-order chi connectivity index (χ0) is 16.1. The summed E-state index contributed by atoms with van der Waals surface area (Å²) in [4.78, 5) is 28.6. The number of hydrogen-bond acceptors (Lipinski definition) is 3. The number of nitrogens with one attached hydrogen (secondary N) is 1. The van der Waals surface area contributed by atoms with E-state index in [0.29, 0.717) is 18.2 Å². The van der Waals surface area contributed by atoms with Gasteiger partial charge >= 0.3 is 6.03 Å². The standard InChI is InChI=1S/C17H19N3O3/c1-19-13-9-20(11-5-6-11)16(21)14(13)15(18-17(19)22)10-3-7-12(23-2)8-4-10/h3-4,7-8,11,15H,5-6,9H2,1-2H3,(H,18,22). The quantitative estimate of drug-likeness (QED) is 0.923. The first-order valence-electron chi connectivity index (χ1n) is 7.82. The van der Waals surface area contributed by atoms with Crippen molar-refractivity contribution < 1.29 is 14.3 Å². The van der Waals surface area contributed by atoms with Crippen molar-refractivity contribution in [2.45, 2.75) is 24.9 Å². The molecule has 1 atom stereocenters. The van der Waals surface area contributed by atoms with E-state index in [1.807, 2.05) is 29.2 Å². The topological polar surface area (TPSA) is 61.9 Å². The van der Waals surface area contributed by atoms with Gasteiger partial charge in [0.2, 0.25) is 0 Å². The number of rotatable bonds is 3. The smallest absolute Gasteiger partial charge is 0.322 e. The van der Waals surface area contributed by atoms with Gasteiger partial charge in [-0.05, 0) is 30.5 Å². The Labute approximate surface area is 134 Å². The molecule has 1 aromatic carbocycles. The van der Waals surface area contributed by atoms with E-state index in [2.05, 4.69) is 5.32 Å². The van der Waals surface area contributed by atoms with Crippen LogP contribution in [0.5, 0.6) is 5.75 Å². The van der Waals surface area contributed by atoms with Crippen LogP contribution in [-0.2, 0) is 4.79 Å². The minimum atomic E-state index is -0.393. The zero-order valence-corrected chi connectivity index (χ0v) is 13.2. The fourth-order valence-corrected chi connectivity index (χ4v) is 3.32. The first kappa shape index (κ1) is 14.1. The molecular weight excluding hydrogens is 294 g/mol. The minimum Gasteiger partial charge on any atom is -0.497 e. The van der Waals surface area contributed by atoms with Gasteiger partial charge in [-0.3, -0.25) is 9.69 Å². The van der Waals surface area contributed by atoms with E-state index in [-0.39, 0.29) is 11.9 Å². The predicted molar refractivity (Wildman–Crippen MR) is 83.8 cm³/mol. The van der Waals surface area contributed by atoms with Gasteiger partial charge in [-0.25, -0.2) is 4.79 Å². The SMILES string of the molecule is COc1ccc(C2NC(=O)N(C)C3=C2C(=O)N(C2CC2)C3)cc1. The molecule has 0 aromatic heterocycles. The minimum absolute atomic E-state index is 0.0511. The summed E-state index contributed by atoms with van der Waals surface area (Å²) < 4.78 is 5.18. The number of urea groups is 1. The zero-order valence-electron chi connectivity index (χ0n) is 13.2. The van der Waals surface area contributed by atoms with Gasteiger partial charge in [0.1, 0.15) is 5.75 Å². The van der Waals surface area contributed by atoms with E-state index in [4.69, 9.17) is 4.74 Å². The van der Waals surface area contributed by atoms with Crippen LogP contribution in [0.2, 0.25) is 0 Å². The van der Waals surface area contributed by atoms with Gasteiger partial charge in [0.05, 0.1) is 31.0 Å². The molecule has 1 aliphatic carbocycles. The molecule has 3 amide bonds. The molecule has 1 aromatic rings. The highest BCUT2D eigenvalue weighted by Gasteiger charge is 2.46. The molecule has 1 fully saturated rings. The summed E-state index contributed by atoms with van der Waals surface area (Å²) >= 11 is 0. The highest BCUT2D eigenvalue weighted by Crippen LogP contribution is 2.40. The molecule has 23 heavy (non-hydrogen) atoms. The van der Waals surface area contributed by atoms with Gasteiger partial charge in [0, 0.05) is 13.1 Å². The Balaban J connectivity index is 1.73. The predicted octanol–water partition coefficient (Wildman–Crippen LogP) is 1.65. The maximum absolute atomic E-state index is 12.8. The second-order valence-electron chi connectivity index (χ2n) is 6.24. The van der Waals surface area contributed by atoms with Crippen LogP contribution < -0.4 is 10.1 Å². The van der Waals surface area contributed by atoms with E-state index >= 15 is 0 Å². The lowest BCUT2D eigenvalue weighted by atomic mass is 9.95. The number of hydrogen-bond donors (Lipinski definition) is 1. The number of ether oxygens (including phenoxy) is 1. The Kier molecular flexibility index (Phi) is 3.07. The largest absolute Gasteiger partial charge is 0.497 e. The molecule has 3 aliphatic rings. The van der Waals surface area contributed by atoms with Crippen LogP contribution >= 0.6 is 0 Å². The van der Waals surface area contributed by atoms with Gasteiger partial charge in [-0.15, -0.1) is 0 Å². The van der Waals surface area contributed by atoms with E-state index in [1.165, 1.54) is 0 Å². The van der Waals surface area contributed by atoms with Gasteiger partial charge in [-0.1, -0.05) is 12.1 Å². The molecule has 6 nitrogen and oxygen atoms in total. The molecule has 0 bridgehead atoms. The van der Waals surface area contributed by atoms with E-state index in [1.54, 1.807) is 19.1 Å². The van der Waals surface area contributed by atoms with Crippen molar-refractivity contribution in [1.82, 2.24) is 15.1 Å². The van der Waals surface area contributed by atoms with Gasteiger partial charge in [0.25, 0.3) is 5.91 Å². The molecule has 1 N–H and O–H groups in total. The summed E-state index contributed by atoms with van der Waals surface area (Å²) in [7, 11) is 3.33. The van der Waals surface area contributed by atoms with E-state index in [9.17, 15) is 9.59 Å². The van der Waals surface area contributed by atoms with E-state index < -0.39 is 6.04 Å². The molecule has 6 heteroatoms. The maximum Gasteiger partial charge on any atom is 0.322 e. The second-order valence-corrected chi connectivity index (χ2v) is 6.24. The molecule has 0 spiro atoms. The number of benzene rings is 1. The van der Waals surface area contributed by atoms with Crippen molar-refractivity contribution in [1.29, 1.82) is 0 Å².